The van der Waals surface area contributed by atoms with E-state index in [9.17, 15) is 14.4 Å². The average Bonchev–Trinajstić information content (AvgIpc) is 3.44. The van der Waals surface area contributed by atoms with Crippen molar-refractivity contribution in [2.75, 3.05) is 24.5 Å². The minimum Gasteiger partial charge on any atom is -0.472 e. The van der Waals surface area contributed by atoms with Crippen molar-refractivity contribution in [3.8, 4) is 0 Å². The number of carbonyl (C=O) groups is 3. The summed E-state index contributed by atoms with van der Waals surface area (Å²) in [5.41, 5.74) is 2.62. The van der Waals surface area contributed by atoms with E-state index in [1.807, 2.05) is 24.3 Å². The Morgan fingerprint density at radius 3 is 2.50 bits per heavy atom. The van der Waals surface area contributed by atoms with E-state index in [4.69, 9.17) is 4.42 Å². The van der Waals surface area contributed by atoms with Crippen LogP contribution in [0.25, 0.3) is 0 Å². The smallest absolute Gasteiger partial charge is 0.257 e. The lowest BCUT2D eigenvalue weighted by atomic mass is 10.0. The van der Waals surface area contributed by atoms with E-state index in [2.05, 4.69) is 12.2 Å². The number of benzene rings is 1. The van der Waals surface area contributed by atoms with E-state index in [0.717, 1.165) is 12.1 Å². The highest BCUT2D eigenvalue weighted by molar-refractivity contribution is 6.00. The van der Waals surface area contributed by atoms with Crippen LogP contribution in [0.3, 0.4) is 0 Å². The molecule has 0 bridgehead atoms. The predicted molar refractivity (Wildman–Crippen MR) is 112 cm³/mol. The highest BCUT2D eigenvalue weighted by atomic mass is 16.3. The van der Waals surface area contributed by atoms with Crippen molar-refractivity contribution in [3.63, 3.8) is 0 Å². The Bertz CT molecular complexity index is 899. The van der Waals surface area contributed by atoms with Crippen molar-refractivity contribution in [1.29, 1.82) is 0 Å². The molecule has 1 aromatic heterocycles. The summed E-state index contributed by atoms with van der Waals surface area (Å²) in [6.45, 7) is 3.69. The summed E-state index contributed by atoms with van der Waals surface area (Å²) in [6.07, 6.45) is 5.54. The maximum atomic E-state index is 12.8. The molecule has 0 radical (unpaired) electrons. The number of amides is 3. The second-order valence-electron chi connectivity index (χ2n) is 8.01. The zero-order valence-corrected chi connectivity index (χ0v) is 17.2. The molecule has 3 amide bonds. The molecule has 2 aliphatic heterocycles. The van der Waals surface area contributed by atoms with Crippen molar-refractivity contribution in [2.24, 2.45) is 5.92 Å². The van der Waals surface area contributed by atoms with Crippen LogP contribution in [-0.4, -0.2) is 48.3 Å². The van der Waals surface area contributed by atoms with E-state index in [0.29, 0.717) is 38.0 Å². The number of aryl methyl sites for hydroxylation is 1. The number of hydrogen-bond acceptors (Lipinski definition) is 4. The summed E-state index contributed by atoms with van der Waals surface area (Å²) < 4.78 is 4.98. The van der Waals surface area contributed by atoms with Crippen molar-refractivity contribution in [2.45, 2.75) is 38.6 Å². The van der Waals surface area contributed by atoms with Gasteiger partial charge in [0.1, 0.15) is 6.26 Å². The fraction of sp³-hybridized carbons (Fsp3) is 0.435. The van der Waals surface area contributed by atoms with Crippen LogP contribution in [0.5, 0.6) is 0 Å². The first-order valence-corrected chi connectivity index (χ1v) is 10.6. The van der Waals surface area contributed by atoms with Crippen LogP contribution in [0.1, 0.15) is 42.1 Å². The van der Waals surface area contributed by atoms with Gasteiger partial charge in [-0.15, -0.1) is 0 Å². The van der Waals surface area contributed by atoms with E-state index in [1.54, 1.807) is 15.9 Å². The third-order valence-corrected chi connectivity index (χ3v) is 6.05. The normalized spacial score (nSPS) is 19.9. The molecule has 2 aromatic rings. The van der Waals surface area contributed by atoms with Gasteiger partial charge in [0.25, 0.3) is 5.91 Å². The summed E-state index contributed by atoms with van der Waals surface area (Å²) in [5.74, 6) is -0.468. The Balaban J connectivity index is 1.28. The molecule has 30 heavy (non-hydrogen) atoms. The van der Waals surface area contributed by atoms with Crippen LogP contribution in [0.15, 0.2) is 47.3 Å². The Morgan fingerprint density at radius 1 is 1.13 bits per heavy atom. The minimum atomic E-state index is -0.339. The molecule has 0 aliphatic carbocycles. The predicted octanol–water partition coefficient (Wildman–Crippen LogP) is 2.62. The van der Waals surface area contributed by atoms with Crippen LogP contribution in [0, 0.1) is 5.92 Å². The van der Waals surface area contributed by atoms with Crippen LogP contribution < -0.4 is 10.2 Å². The first-order valence-electron chi connectivity index (χ1n) is 10.6. The van der Waals surface area contributed by atoms with Gasteiger partial charge in [-0.25, -0.2) is 0 Å². The SMILES string of the molecule is CCc1ccc(N2CC(C(=O)NC3CCN(C(=O)c4ccoc4)CC3)CC2=O)cc1. The monoisotopic (exact) mass is 409 g/mol. The number of hydrogen-bond donors (Lipinski definition) is 1. The van der Waals surface area contributed by atoms with E-state index < -0.39 is 0 Å². The van der Waals surface area contributed by atoms with Gasteiger partial charge in [-0.3, -0.25) is 14.4 Å². The maximum Gasteiger partial charge on any atom is 0.257 e. The zero-order valence-electron chi connectivity index (χ0n) is 17.2. The minimum absolute atomic E-state index is 0.0140. The number of anilines is 1. The first kappa shape index (κ1) is 20.2. The number of rotatable bonds is 5. The Hall–Kier alpha value is -3.09. The number of furan rings is 1. The lowest BCUT2D eigenvalue weighted by Gasteiger charge is -2.32. The maximum absolute atomic E-state index is 12.8. The van der Waals surface area contributed by atoms with Gasteiger partial charge >= 0.3 is 0 Å². The molecule has 2 aliphatic rings. The van der Waals surface area contributed by atoms with Crippen molar-refractivity contribution in [3.05, 3.63) is 54.0 Å². The average molecular weight is 409 g/mol. The molecule has 7 nitrogen and oxygen atoms in total. The third kappa shape index (κ3) is 4.25. The van der Waals surface area contributed by atoms with Crippen molar-refractivity contribution in [1.82, 2.24) is 10.2 Å². The zero-order chi connectivity index (χ0) is 21.1. The molecule has 0 saturated carbocycles. The molecule has 7 heteroatoms. The Kier molecular flexibility index (Phi) is 5.88. The lowest BCUT2D eigenvalue weighted by molar-refractivity contribution is -0.127. The summed E-state index contributed by atoms with van der Waals surface area (Å²) >= 11 is 0. The van der Waals surface area contributed by atoms with E-state index >= 15 is 0 Å². The molecule has 4 rings (SSSR count). The quantitative estimate of drug-likeness (QED) is 0.823. The molecule has 0 spiro atoms. The molecule has 2 fully saturated rings. The van der Waals surface area contributed by atoms with Gasteiger partial charge < -0.3 is 19.5 Å². The second kappa shape index (κ2) is 8.73. The Labute approximate surface area is 176 Å². The number of likely N-dealkylation sites (tertiary alicyclic amines) is 1. The number of nitrogens with one attached hydrogen (secondary N) is 1. The largest absolute Gasteiger partial charge is 0.472 e. The van der Waals surface area contributed by atoms with Crippen LogP contribution in [0.4, 0.5) is 5.69 Å². The fourth-order valence-corrected chi connectivity index (χ4v) is 4.16. The molecular weight excluding hydrogens is 382 g/mol. The molecule has 2 saturated heterocycles. The number of nitrogens with zero attached hydrogens (tertiary/aromatic N) is 2. The van der Waals surface area contributed by atoms with Crippen molar-refractivity contribution < 1.29 is 18.8 Å². The molecule has 1 aromatic carbocycles. The van der Waals surface area contributed by atoms with Crippen LogP contribution in [-0.2, 0) is 16.0 Å². The molecular formula is C23H27N3O4. The standard InChI is InChI=1S/C23H27N3O4/c1-2-16-3-5-20(6-4-16)26-14-18(13-21(26)27)22(28)24-19-7-10-25(11-8-19)23(29)17-9-12-30-15-17/h3-6,9,12,15,18-19H,2,7-8,10-11,13-14H2,1H3,(H,24,28). The highest BCUT2D eigenvalue weighted by Gasteiger charge is 2.36. The molecule has 1 N–H and O–H groups in total. The summed E-state index contributed by atoms with van der Waals surface area (Å²) in [6, 6.07) is 9.63. The van der Waals surface area contributed by atoms with Gasteiger partial charge in [-0.2, -0.15) is 0 Å². The first-order chi connectivity index (χ1) is 14.5. The number of carbonyl (C=O) groups excluding carboxylic acids is 3. The molecule has 158 valence electrons. The fourth-order valence-electron chi connectivity index (χ4n) is 4.16. The van der Waals surface area contributed by atoms with Gasteiger partial charge in [0.2, 0.25) is 11.8 Å². The lowest BCUT2D eigenvalue weighted by Crippen LogP contribution is -2.48. The van der Waals surface area contributed by atoms with Gasteiger partial charge in [-0.1, -0.05) is 19.1 Å². The topological polar surface area (TPSA) is 82.9 Å². The van der Waals surface area contributed by atoms with Gasteiger partial charge in [0.05, 0.1) is 17.7 Å². The molecule has 1 unspecified atom stereocenters. The van der Waals surface area contributed by atoms with Gasteiger partial charge in [-0.05, 0) is 43.0 Å². The van der Waals surface area contributed by atoms with Crippen LogP contribution >= 0.6 is 0 Å². The third-order valence-electron chi connectivity index (χ3n) is 6.05. The summed E-state index contributed by atoms with van der Waals surface area (Å²) in [4.78, 5) is 41.1. The number of piperidine rings is 1. The van der Waals surface area contributed by atoms with E-state index in [-0.39, 0.29) is 36.1 Å². The summed E-state index contributed by atoms with van der Waals surface area (Å²) in [5, 5.41) is 3.09. The second-order valence-corrected chi connectivity index (χ2v) is 8.01. The van der Waals surface area contributed by atoms with Gasteiger partial charge in [0.15, 0.2) is 0 Å². The van der Waals surface area contributed by atoms with Crippen molar-refractivity contribution >= 4 is 23.4 Å². The highest BCUT2D eigenvalue weighted by Crippen LogP contribution is 2.26. The summed E-state index contributed by atoms with van der Waals surface area (Å²) in [7, 11) is 0. The Morgan fingerprint density at radius 2 is 1.87 bits per heavy atom. The molecule has 3 heterocycles. The molecule has 1 atom stereocenters. The van der Waals surface area contributed by atoms with E-state index in [1.165, 1.54) is 18.1 Å². The van der Waals surface area contributed by atoms with Gasteiger partial charge in [0, 0.05) is 37.8 Å². The van der Waals surface area contributed by atoms with Crippen LogP contribution in [0.2, 0.25) is 0 Å².